The molecular weight excluding hydrogens is 690 g/mol. The van der Waals surface area contributed by atoms with E-state index in [4.69, 9.17) is 0 Å². The predicted octanol–water partition coefficient (Wildman–Crippen LogP) is 10.5. The minimum Gasteiger partial charge on any atom is -0.320 e. The Bertz CT molecular complexity index is 1920. The smallest absolute Gasteiger partial charge is 0.320 e. The maximum atomic E-state index is 14.4. The van der Waals surface area contributed by atoms with Crippen LogP contribution in [0.2, 0.25) is 0 Å². The van der Waals surface area contributed by atoms with Crippen LogP contribution in [-0.4, -0.2) is 31.9 Å². The summed E-state index contributed by atoms with van der Waals surface area (Å²) in [6.45, 7) is 10.5. The lowest BCUT2D eigenvalue weighted by molar-refractivity contribution is 0.207. The number of sulfonamides is 1. The number of hydrogen-bond donors (Lipinski definition) is 3. The van der Waals surface area contributed by atoms with Crippen LogP contribution >= 0.6 is 0 Å². The highest BCUT2D eigenvalue weighted by Gasteiger charge is 2.24. The number of carbonyl (C=O) groups is 2. The van der Waals surface area contributed by atoms with Crippen molar-refractivity contribution in [2.24, 2.45) is 0 Å². The van der Waals surface area contributed by atoms with Gasteiger partial charge < -0.3 is 15.5 Å². The van der Waals surface area contributed by atoms with Crippen molar-refractivity contribution in [3.8, 4) is 11.1 Å². The summed E-state index contributed by atoms with van der Waals surface area (Å²) in [5, 5.41) is 5.04. The zero-order valence-electron chi connectivity index (χ0n) is 30.2. The number of nitrogens with one attached hydrogen (secondary N) is 3. The molecule has 4 amide bonds. The number of anilines is 2. The summed E-state index contributed by atoms with van der Waals surface area (Å²) in [4.78, 5) is 27.8. The van der Waals surface area contributed by atoms with Gasteiger partial charge >= 0.3 is 12.1 Å². The monoisotopic (exact) mass is 736 g/mol. The summed E-state index contributed by atoms with van der Waals surface area (Å²) in [5.74, 6) is -3.37. The lowest BCUT2D eigenvalue weighted by Crippen LogP contribution is -2.35. The van der Waals surface area contributed by atoms with Crippen molar-refractivity contribution in [1.82, 2.24) is 9.62 Å². The molecule has 0 radical (unpaired) electrons. The second kappa shape index (κ2) is 18.1. The number of hydrogen-bond acceptors (Lipinski definition) is 4. The van der Waals surface area contributed by atoms with E-state index in [2.05, 4.69) is 22.3 Å². The molecule has 0 saturated heterocycles. The number of urea groups is 2. The molecule has 3 N–H and O–H groups in total. The molecule has 0 aromatic heterocycles. The molecule has 12 heteroatoms. The van der Waals surface area contributed by atoms with Crippen molar-refractivity contribution in [2.45, 2.75) is 90.0 Å². The minimum atomic E-state index is -4.33. The molecule has 52 heavy (non-hydrogen) atoms. The second-order valence-electron chi connectivity index (χ2n) is 13.4. The Morgan fingerprint density at radius 3 is 1.92 bits per heavy atom. The van der Waals surface area contributed by atoms with Gasteiger partial charge in [-0.05, 0) is 46.6 Å². The van der Waals surface area contributed by atoms with Crippen LogP contribution in [-0.2, 0) is 16.6 Å². The highest BCUT2D eigenvalue weighted by atomic mass is 32.2. The van der Waals surface area contributed by atoms with Gasteiger partial charge in [-0.1, -0.05) is 121 Å². The largest absolute Gasteiger partial charge is 0.333 e. The highest BCUT2D eigenvalue weighted by Crippen LogP contribution is 2.33. The van der Waals surface area contributed by atoms with Crippen LogP contribution < -0.4 is 15.4 Å². The molecular formula is C40H47F3N4O4S. The molecule has 0 heterocycles. The Kier molecular flexibility index (Phi) is 13.9. The van der Waals surface area contributed by atoms with Gasteiger partial charge in [0.15, 0.2) is 11.6 Å². The molecule has 8 nitrogen and oxygen atoms in total. The number of carbonyl (C=O) groups excluding carboxylic acids is 2. The van der Waals surface area contributed by atoms with Gasteiger partial charge in [0.25, 0.3) is 10.0 Å². The SMILES string of the molecule is CCCCCCCN(Cc1ccc(-c2ccccc2S(=O)(=O)NC(=O)Nc2c(C(C)C)cccc2C(C)C)cc1)C(=O)Nc1c(F)cc(F)cc1F. The molecule has 4 aromatic rings. The fourth-order valence-corrected chi connectivity index (χ4v) is 7.11. The standard InChI is InChI=1S/C40H47F3N4O4S/c1-6-7-8-9-12-22-47(40(49)45-38-34(42)23-30(41)24-35(38)43)25-28-18-20-29(21-19-28)33-14-10-11-17-36(33)52(50,51)46-39(48)44-37-31(26(2)3)15-13-16-32(37)27(4)5/h10-11,13-21,23-24,26-27H,6-9,12,22,25H2,1-5H3,(H,45,49)(H2,44,46,48). The quantitative estimate of drug-likeness (QED) is 0.106. The third-order valence-electron chi connectivity index (χ3n) is 8.71. The predicted molar refractivity (Wildman–Crippen MR) is 200 cm³/mol. The number of para-hydroxylation sites is 1. The van der Waals surface area contributed by atoms with Gasteiger partial charge in [-0.2, -0.15) is 0 Å². The Morgan fingerprint density at radius 1 is 0.731 bits per heavy atom. The van der Waals surface area contributed by atoms with Crippen LogP contribution in [0.15, 0.2) is 83.8 Å². The van der Waals surface area contributed by atoms with Crippen LogP contribution in [0.3, 0.4) is 0 Å². The normalized spacial score (nSPS) is 11.5. The van der Waals surface area contributed by atoms with Crippen LogP contribution in [0.5, 0.6) is 0 Å². The number of rotatable bonds is 15. The molecule has 0 atom stereocenters. The molecule has 278 valence electrons. The summed E-state index contributed by atoms with van der Waals surface area (Å²) in [6.07, 6.45) is 4.58. The Hall–Kier alpha value is -4.84. The van der Waals surface area contributed by atoms with Crippen LogP contribution in [0, 0.1) is 17.5 Å². The zero-order valence-corrected chi connectivity index (χ0v) is 31.0. The average Bonchev–Trinajstić information content (AvgIpc) is 3.09. The molecule has 0 bridgehead atoms. The number of benzene rings is 4. The van der Waals surface area contributed by atoms with E-state index in [0.29, 0.717) is 47.5 Å². The van der Waals surface area contributed by atoms with Crippen LogP contribution in [0.25, 0.3) is 11.1 Å². The van der Waals surface area contributed by atoms with Crippen molar-refractivity contribution >= 4 is 33.5 Å². The lowest BCUT2D eigenvalue weighted by atomic mass is 9.93. The fourth-order valence-electron chi connectivity index (χ4n) is 5.97. The Balaban J connectivity index is 1.54. The summed E-state index contributed by atoms with van der Waals surface area (Å²) in [7, 11) is -4.33. The third kappa shape index (κ3) is 10.4. The maximum absolute atomic E-state index is 14.4. The van der Waals surface area contributed by atoms with Crippen molar-refractivity contribution in [2.75, 3.05) is 17.2 Å². The molecule has 0 aliphatic carbocycles. The molecule has 0 saturated carbocycles. The lowest BCUT2D eigenvalue weighted by Gasteiger charge is -2.24. The molecule has 4 rings (SSSR count). The van der Waals surface area contributed by atoms with E-state index in [9.17, 15) is 31.2 Å². The van der Waals surface area contributed by atoms with E-state index in [1.54, 1.807) is 42.5 Å². The topological polar surface area (TPSA) is 108 Å². The van der Waals surface area contributed by atoms with Crippen molar-refractivity contribution in [1.29, 1.82) is 0 Å². The molecule has 0 fully saturated rings. The van der Waals surface area contributed by atoms with Gasteiger partial charge in [-0.25, -0.2) is 35.9 Å². The van der Waals surface area contributed by atoms with Crippen molar-refractivity contribution in [3.05, 3.63) is 113 Å². The van der Waals surface area contributed by atoms with Crippen molar-refractivity contribution < 1.29 is 31.2 Å². The summed E-state index contributed by atoms with van der Waals surface area (Å²) in [6, 6.07) is 18.3. The van der Waals surface area contributed by atoms with E-state index in [0.717, 1.165) is 36.8 Å². The maximum Gasteiger partial charge on any atom is 0.333 e. The van der Waals surface area contributed by atoms with Gasteiger partial charge in [-0.15, -0.1) is 0 Å². The van der Waals surface area contributed by atoms with E-state index in [-0.39, 0.29) is 23.3 Å². The van der Waals surface area contributed by atoms with Gasteiger partial charge in [0.1, 0.15) is 11.5 Å². The number of nitrogens with zero attached hydrogens (tertiary/aromatic N) is 1. The van der Waals surface area contributed by atoms with Gasteiger partial charge in [0.2, 0.25) is 0 Å². The molecule has 0 unspecified atom stereocenters. The molecule has 0 spiro atoms. The number of unbranched alkanes of at least 4 members (excludes halogenated alkanes) is 4. The van der Waals surface area contributed by atoms with E-state index < -0.39 is 45.2 Å². The van der Waals surface area contributed by atoms with E-state index in [1.165, 1.54) is 11.0 Å². The van der Waals surface area contributed by atoms with E-state index in [1.807, 2.05) is 45.9 Å². The second-order valence-corrected chi connectivity index (χ2v) is 15.0. The first-order chi connectivity index (χ1) is 24.7. The first kappa shape index (κ1) is 39.9. The average molecular weight is 737 g/mol. The van der Waals surface area contributed by atoms with Gasteiger partial charge in [-0.3, -0.25) is 0 Å². The van der Waals surface area contributed by atoms with E-state index >= 15 is 0 Å². The Labute approximate surface area is 304 Å². The molecule has 4 aromatic carbocycles. The molecule has 0 aliphatic rings. The third-order valence-corrected chi connectivity index (χ3v) is 10.1. The zero-order chi connectivity index (χ0) is 38.0. The molecule has 0 aliphatic heterocycles. The first-order valence-corrected chi connectivity index (χ1v) is 19.1. The summed E-state index contributed by atoms with van der Waals surface area (Å²) < 4.78 is 71.6. The minimum absolute atomic E-state index is 0.0855. The van der Waals surface area contributed by atoms with Gasteiger partial charge in [0, 0.05) is 36.5 Å². The van der Waals surface area contributed by atoms with Crippen LogP contribution in [0.1, 0.15) is 95.2 Å². The fraction of sp³-hybridized carbons (Fsp3) is 0.350. The summed E-state index contributed by atoms with van der Waals surface area (Å²) >= 11 is 0. The van der Waals surface area contributed by atoms with Crippen LogP contribution in [0.4, 0.5) is 34.1 Å². The Morgan fingerprint density at radius 2 is 1.33 bits per heavy atom. The number of amides is 4. The van der Waals surface area contributed by atoms with Gasteiger partial charge in [0.05, 0.1) is 4.90 Å². The first-order valence-electron chi connectivity index (χ1n) is 17.6. The number of halogens is 3. The highest BCUT2D eigenvalue weighted by molar-refractivity contribution is 7.90. The summed E-state index contributed by atoms with van der Waals surface area (Å²) in [5.41, 5.74) is 3.21. The van der Waals surface area contributed by atoms with Crippen molar-refractivity contribution in [3.63, 3.8) is 0 Å².